The first-order chi connectivity index (χ1) is 9.38. The number of hydrogen-bond acceptors (Lipinski definition) is 2. The predicted molar refractivity (Wildman–Crippen MR) is 78.2 cm³/mol. The molecule has 0 spiro atoms. The van der Waals surface area contributed by atoms with Gasteiger partial charge in [0, 0.05) is 36.9 Å². The van der Waals surface area contributed by atoms with Gasteiger partial charge in [0.25, 0.3) is 0 Å². The maximum absolute atomic E-state index is 5.69. The smallest absolute Gasteiger partial charge is 0.0483 e. The maximum atomic E-state index is 5.69. The zero-order chi connectivity index (χ0) is 13.1. The monoisotopic (exact) mass is 258 g/mol. The summed E-state index contributed by atoms with van der Waals surface area (Å²) in [6.07, 6.45) is 5.54. The average Bonchev–Trinajstić information content (AvgIpc) is 2.85. The maximum Gasteiger partial charge on any atom is 0.0483 e. The van der Waals surface area contributed by atoms with E-state index in [2.05, 4.69) is 35.0 Å². The topological polar surface area (TPSA) is 40.2 Å². The lowest BCUT2D eigenvalue weighted by molar-refractivity contribution is 0.0616. The number of nitrogens with two attached hydrogens (primary N) is 1. The van der Waals surface area contributed by atoms with E-state index in [-0.39, 0.29) is 0 Å². The Bertz CT molecular complexity index is 541. The summed E-state index contributed by atoms with van der Waals surface area (Å²) in [5.41, 5.74) is 8.40. The summed E-state index contributed by atoms with van der Waals surface area (Å²) in [4.78, 5) is 0. The third kappa shape index (κ3) is 2.67. The first-order valence-corrected chi connectivity index (χ1v) is 7.23. The van der Waals surface area contributed by atoms with Crippen LogP contribution in [0.2, 0.25) is 0 Å². The summed E-state index contributed by atoms with van der Waals surface area (Å²) < 4.78 is 7.83. The van der Waals surface area contributed by atoms with Gasteiger partial charge in [-0.3, -0.25) is 0 Å². The molecule has 1 saturated heterocycles. The molecule has 1 aromatic carbocycles. The highest BCUT2D eigenvalue weighted by molar-refractivity contribution is 5.83. The molecule has 2 heterocycles. The molecule has 0 saturated carbocycles. The highest BCUT2D eigenvalue weighted by atomic mass is 16.5. The lowest BCUT2D eigenvalue weighted by atomic mass is 10.0. The molecule has 3 heteroatoms. The third-order valence-electron chi connectivity index (χ3n) is 4.11. The van der Waals surface area contributed by atoms with E-state index in [1.807, 2.05) is 0 Å². The van der Waals surface area contributed by atoms with Gasteiger partial charge in [-0.25, -0.2) is 0 Å². The highest BCUT2D eigenvalue weighted by Gasteiger charge is 2.15. The van der Waals surface area contributed by atoms with Gasteiger partial charge in [0.2, 0.25) is 0 Å². The summed E-state index contributed by atoms with van der Waals surface area (Å²) in [5.74, 6) is 0.752. The SMILES string of the molecule is NCCc1cccc2c1ccn2CC1CCOCC1. The molecule has 1 aliphatic heterocycles. The quantitative estimate of drug-likeness (QED) is 0.915. The molecule has 1 aromatic heterocycles. The predicted octanol–water partition coefficient (Wildman–Crippen LogP) is 2.57. The van der Waals surface area contributed by atoms with Crippen molar-refractivity contribution in [3.8, 4) is 0 Å². The van der Waals surface area contributed by atoms with E-state index in [9.17, 15) is 0 Å². The average molecular weight is 258 g/mol. The van der Waals surface area contributed by atoms with E-state index in [0.29, 0.717) is 6.54 Å². The molecule has 0 atom stereocenters. The van der Waals surface area contributed by atoms with Crippen LogP contribution in [0.5, 0.6) is 0 Å². The minimum Gasteiger partial charge on any atom is -0.381 e. The van der Waals surface area contributed by atoms with Gasteiger partial charge in [0.05, 0.1) is 0 Å². The van der Waals surface area contributed by atoms with Crippen molar-refractivity contribution in [2.75, 3.05) is 19.8 Å². The second-order valence-electron chi connectivity index (χ2n) is 5.41. The van der Waals surface area contributed by atoms with Gasteiger partial charge in [-0.1, -0.05) is 12.1 Å². The van der Waals surface area contributed by atoms with Crippen molar-refractivity contribution in [1.29, 1.82) is 0 Å². The number of hydrogen-bond donors (Lipinski definition) is 1. The van der Waals surface area contributed by atoms with Crippen molar-refractivity contribution < 1.29 is 4.74 Å². The fraction of sp³-hybridized carbons (Fsp3) is 0.500. The number of ether oxygens (including phenoxy) is 1. The van der Waals surface area contributed by atoms with Crippen LogP contribution in [0.25, 0.3) is 10.9 Å². The molecule has 2 N–H and O–H groups in total. The highest BCUT2D eigenvalue weighted by Crippen LogP contribution is 2.24. The molecule has 19 heavy (non-hydrogen) atoms. The van der Waals surface area contributed by atoms with Crippen molar-refractivity contribution in [3.05, 3.63) is 36.0 Å². The molecule has 3 nitrogen and oxygen atoms in total. The molecule has 3 rings (SSSR count). The zero-order valence-corrected chi connectivity index (χ0v) is 11.3. The van der Waals surface area contributed by atoms with Gasteiger partial charge >= 0.3 is 0 Å². The van der Waals surface area contributed by atoms with Crippen molar-refractivity contribution in [2.45, 2.75) is 25.8 Å². The van der Waals surface area contributed by atoms with Gasteiger partial charge in [-0.2, -0.15) is 0 Å². The molecular weight excluding hydrogens is 236 g/mol. The Balaban J connectivity index is 1.85. The summed E-state index contributed by atoms with van der Waals surface area (Å²) in [7, 11) is 0. The van der Waals surface area contributed by atoms with E-state index in [1.165, 1.54) is 29.3 Å². The standard InChI is InChI=1S/C16H22N2O/c17-8-4-14-2-1-3-16-15(14)5-9-18(16)12-13-6-10-19-11-7-13/h1-3,5,9,13H,4,6-8,10-12,17H2. The Morgan fingerprint density at radius 1 is 1.21 bits per heavy atom. The fourth-order valence-corrected chi connectivity index (χ4v) is 3.03. The fourth-order valence-electron chi connectivity index (χ4n) is 3.03. The molecule has 0 aliphatic carbocycles. The van der Waals surface area contributed by atoms with Crippen molar-refractivity contribution in [3.63, 3.8) is 0 Å². The van der Waals surface area contributed by atoms with Gasteiger partial charge < -0.3 is 15.0 Å². The first kappa shape index (κ1) is 12.7. The van der Waals surface area contributed by atoms with Crippen molar-refractivity contribution in [2.24, 2.45) is 11.7 Å². The lowest BCUT2D eigenvalue weighted by Gasteiger charge is -2.22. The van der Waals surface area contributed by atoms with E-state index in [0.717, 1.165) is 32.1 Å². The second kappa shape index (κ2) is 5.76. The van der Waals surface area contributed by atoms with E-state index >= 15 is 0 Å². The van der Waals surface area contributed by atoms with Crippen molar-refractivity contribution >= 4 is 10.9 Å². The third-order valence-corrected chi connectivity index (χ3v) is 4.11. The first-order valence-electron chi connectivity index (χ1n) is 7.23. The van der Waals surface area contributed by atoms with Crippen LogP contribution in [-0.4, -0.2) is 24.3 Å². The molecule has 1 fully saturated rings. The van der Waals surface area contributed by atoms with Gasteiger partial charge in [0.15, 0.2) is 0 Å². The van der Waals surface area contributed by atoms with E-state index < -0.39 is 0 Å². The van der Waals surface area contributed by atoms with Crippen LogP contribution in [0, 0.1) is 5.92 Å². The van der Waals surface area contributed by atoms with Crippen LogP contribution >= 0.6 is 0 Å². The lowest BCUT2D eigenvalue weighted by Crippen LogP contribution is -2.20. The normalized spacial score (nSPS) is 17.1. The Labute approximate surface area is 114 Å². The van der Waals surface area contributed by atoms with Crippen LogP contribution in [0.3, 0.4) is 0 Å². The number of benzene rings is 1. The molecular formula is C16H22N2O. The largest absolute Gasteiger partial charge is 0.381 e. The van der Waals surface area contributed by atoms with E-state index in [1.54, 1.807) is 0 Å². The minimum atomic E-state index is 0.713. The number of aromatic nitrogens is 1. The minimum absolute atomic E-state index is 0.713. The second-order valence-corrected chi connectivity index (χ2v) is 5.41. The van der Waals surface area contributed by atoms with Crippen LogP contribution in [0.4, 0.5) is 0 Å². The van der Waals surface area contributed by atoms with Gasteiger partial charge in [-0.15, -0.1) is 0 Å². The molecule has 0 unspecified atom stereocenters. The van der Waals surface area contributed by atoms with Crippen molar-refractivity contribution in [1.82, 2.24) is 4.57 Å². The Morgan fingerprint density at radius 3 is 2.84 bits per heavy atom. The summed E-state index contributed by atoms with van der Waals surface area (Å²) in [6.45, 7) is 3.66. The molecule has 102 valence electrons. The molecule has 0 amide bonds. The number of nitrogens with zero attached hydrogens (tertiary/aromatic N) is 1. The van der Waals surface area contributed by atoms with Crippen LogP contribution in [-0.2, 0) is 17.7 Å². The zero-order valence-electron chi connectivity index (χ0n) is 11.3. The summed E-state index contributed by atoms with van der Waals surface area (Å²) >= 11 is 0. The molecule has 1 aliphatic rings. The molecule has 0 radical (unpaired) electrons. The van der Waals surface area contributed by atoms with Gasteiger partial charge in [0.1, 0.15) is 0 Å². The van der Waals surface area contributed by atoms with Gasteiger partial charge in [-0.05, 0) is 49.4 Å². The Morgan fingerprint density at radius 2 is 2.05 bits per heavy atom. The Hall–Kier alpha value is -1.32. The molecule has 2 aromatic rings. The Kier molecular flexibility index (Phi) is 3.85. The summed E-state index contributed by atoms with van der Waals surface area (Å²) in [5, 5.41) is 1.36. The number of rotatable bonds is 4. The van der Waals surface area contributed by atoms with Crippen LogP contribution in [0.15, 0.2) is 30.5 Å². The van der Waals surface area contributed by atoms with Crippen LogP contribution < -0.4 is 5.73 Å². The van der Waals surface area contributed by atoms with E-state index in [4.69, 9.17) is 10.5 Å². The van der Waals surface area contributed by atoms with Crippen LogP contribution in [0.1, 0.15) is 18.4 Å². The number of fused-ring (bicyclic) bond motifs is 1. The summed E-state index contributed by atoms with van der Waals surface area (Å²) in [6, 6.07) is 8.79. The molecule has 0 bridgehead atoms.